The molecule has 4 aliphatic rings. The Kier molecular flexibility index (Phi) is 4.30. The third kappa shape index (κ3) is 2.39. The van der Waals surface area contributed by atoms with E-state index in [-0.39, 0.29) is 34.0 Å². The molecule has 4 nitrogen and oxygen atoms in total. The number of ketones is 2. The molecule has 0 amide bonds. The number of fused-ring (bicyclic) bond motifs is 5. The molecule has 0 saturated heterocycles. The lowest BCUT2D eigenvalue weighted by molar-refractivity contribution is -0.180. The molecule has 2 fully saturated rings. The van der Waals surface area contributed by atoms with Crippen LogP contribution in [-0.2, 0) is 19.1 Å². The first-order valence-corrected chi connectivity index (χ1v) is 10.8. The third-order valence-corrected chi connectivity index (χ3v) is 8.91. The molecule has 0 aromatic heterocycles. The summed E-state index contributed by atoms with van der Waals surface area (Å²) in [6, 6.07) is 0. The second-order valence-electron chi connectivity index (χ2n) is 10.0. The topological polar surface area (TPSA) is 60.4 Å². The summed E-state index contributed by atoms with van der Waals surface area (Å²) in [6.45, 7) is 10.3. The summed E-state index contributed by atoms with van der Waals surface area (Å²) in [5.41, 5.74) is 1.54. The van der Waals surface area contributed by atoms with Crippen molar-refractivity contribution in [3.05, 3.63) is 23.3 Å². The lowest BCUT2D eigenvalue weighted by Crippen LogP contribution is -2.55. The fourth-order valence-electron chi connectivity index (χ4n) is 7.53. The van der Waals surface area contributed by atoms with Crippen molar-refractivity contribution in [2.75, 3.05) is 0 Å². The van der Waals surface area contributed by atoms with Crippen LogP contribution in [0, 0.1) is 28.6 Å². The molecule has 152 valence electrons. The van der Waals surface area contributed by atoms with Gasteiger partial charge in [-0.1, -0.05) is 32.4 Å². The Hall–Kier alpha value is -1.71. The van der Waals surface area contributed by atoms with Gasteiger partial charge in [-0.15, -0.1) is 0 Å². The minimum atomic E-state index is -0.383. The molecule has 4 heteroatoms. The van der Waals surface area contributed by atoms with Crippen LogP contribution < -0.4 is 0 Å². The van der Waals surface area contributed by atoms with Crippen molar-refractivity contribution in [3.8, 4) is 0 Å². The maximum absolute atomic E-state index is 12.3. The second kappa shape index (κ2) is 6.14. The molecule has 0 aromatic carbocycles. The van der Waals surface area contributed by atoms with Gasteiger partial charge in [-0.3, -0.25) is 14.4 Å². The highest BCUT2D eigenvalue weighted by atomic mass is 16.6. The normalized spacial score (nSPS) is 44.8. The van der Waals surface area contributed by atoms with Crippen LogP contribution in [0.4, 0.5) is 0 Å². The van der Waals surface area contributed by atoms with Gasteiger partial charge in [-0.25, -0.2) is 0 Å². The van der Waals surface area contributed by atoms with Gasteiger partial charge >= 0.3 is 5.97 Å². The molecule has 0 heterocycles. The lowest BCUT2D eigenvalue weighted by atomic mass is 9.47. The summed E-state index contributed by atoms with van der Waals surface area (Å²) in [7, 11) is 0. The van der Waals surface area contributed by atoms with Crippen LogP contribution in [0.15, 0.2) is 23.3 Å². The van der Waals surface area contributed by atoms with Gasteiger partial charge < -0.3 is 4.74 Å². The van der Waals surface area contributed by atoms with Crippen molar-refractivity contribution < 1.29 is 19.1 Å². The Bertz CT molecular complexity index is 820. The zero-order valence-corrected chi connectivity index (χ0v) is 17.8. The largest absolute Gasteiger partial charge is 0.459 e. The summed E-state index contributed by atoms with van der Waals surface area (Å²) >= 11 is 0. The Labute approximate surface area is 167 Å². The number of esters is 1. The summed E-state index contributed by atoms with van der Waals surface area (Å²) in [6.07, 6.45) is 9.10. The number of carbonyl (C=O) groups excluding carboxylic acids is 3. The quantitative estimate of drug-likeness (QED) is 0.517. The van der Waals surface area contributed by atoms with Crippen LogP contribution in [-0.4, -0.2) is 23.1 Å². The molecule has 0 spiro atoms. The second-order valence-corrected chi connectivity index (χ2v) is 10.0. The standard InChI is InChI=1S/C24H32O4/c1-6-24(28-15(3)25)10-8-18-16-11-14(2)19-12-20(26)21(27)13-22(19,4)17(16)7-9-23(18,24)5/h11-12,16-18H,6-10,13H2,1-5H3/t16-,17+,18+,22-,23+,24+/m1/s1. The van der Waals surface area contributed by atoms with Gasteiger partial charge in [0.1, 0.15) is 5.60 Å². The van der Waals surface area contributed by atoms with E-state index in [9.17, 15) is 14.4 Å². The van der Waals surface area contributed by atoms with E-state index in [1.807, 2.05) is 0 Å². The molecule has 0 N–H and O–H groups in total. The number of rotatable bonds is 2. The monoisotopic (exact) mass is 384 g/mol. The predicted molar refractivity (Wildman–Crippen MR) is 106 cm³/mol. The molecular formula is C24H32O4. The van der Waals surface area contributed by atoms with Gasteiger partial charge in [-0.2, -0.15) is 0 Å². The average Bonchev–Trinajstić information content (AvgIpc) is 2.90. The van der Waals surface area contributed by atoms with Gasteiger partial charge in [0, 0.05) is 24.2 Å². The zero-order chi connectivity index (χ0) is 20.5. The summed E-state index contributed by atoms with van der Waals surface area (Å²) < 4.78 is 6.02. The summed E-state index contributed by atoms with van der Waals surface area (Å²) in [4.78, 5) is 36.3. The lowest BCUT2D eigenvalue weighted by Gasteiger charge is -2.58. The van der Waals surface area contributed by atoms with E-state index < -0.39 is 0 Å². The number of hydrogen-bond acceptors (Lipinski definition) is 4. The molecule has 6 atom stereocenters. The SMILES string of the molecule is CC[C@]1(OC(C)=O)CC[C@H]2[C@@H]3C=C(C)C4=CC(=O)C(=O)C[C@]4(C)[C@H]3CC[C@@]21C. The smallest absolute Gasteiger partial charge is 0.303 e. The van der Waals surface area contributed by atoms with E-state index in [0.717, 1.165) is 43.3 Å². The van der Waals surface area contributed by atoms with Gasteiger partial charge in [0.15, 0.2) is 0 Å². The Morgan fingerprint density at radius 1 is 1.18 bits per heavy atom. The highest BCUT2D eigenvalue weighted by Gasteiger charge is 2.65. The van der Waals surface area contributed by atoms with Crippen LogP contribution in [0.3, 0.4) is 0 Å². The molecule has 0 bridgehead atoms. The Balaban J connectivity index is 1.78. The summed E-state index contributed by atoms with van der Waals surface area (Å²) in [5.74, 6) is 0.386. The van der Waals surface area contributed by atoms with Crippen LogP contribution in [0.2, 0.25) is 0 Å². The van der Waals surface area contributed by atoms with Gasteiger partial charge in [0.2, 0.25) is 11.6 Å². The molecule has 0 unspecified atom stereocenters. The van der Waals surface area contributed by atoms with Crippen LogP contribution in [0.1, 0.15) is 73.1 Å². The minimum absolute atomic E-state index is 0.0442. The highest BCUT2D eigenvalue weighted by molar-refractivity contribution is 6.42. The number of Topliss-reactive ketones (excluding diaryl/α,β-unsaturated/α-hetero) is 1. The van der Waals surface area contributed by atoms with Crippen LogP contribution in [0.25, 0.3) is 0 Å². The van der Waals surface area contributed by atoms with E-state index in [1.54, 1.807) is 6.08 Å². The molecule has 4 rings (SSSR count). The van der Waals surface area contributed by atoms with E-state index in [4.69, 9.17) is 4.74 Å². The predicted octanol–water partition coefficient (Wildman–Crippen LogP) is 4.58. The van der Waals surface area contributed by atoms with E-state index in [2.05, 4.69) is 33.8 Å². The number of allylic oxidation sites excluding steroid dienone is 4. The number of hydrogen-bond donors (Lipinski definition) is 0. The molecule has 2 saturated carbocycles. The van der Waals surface area contributed by atoms with Crippen LogP contribution >= 0.6 is 0 Å². The molecule has 0 radical (unpaired) electrons. The highest BCUT2D eigenvalue weighted by Crippen LogP contribution is 2.68. The third-order valence-electron chi connectivity index (χ3n) is 8.91. The number of carbonyl (C=O) groups is 3. The van der Waals surface area contributed by atoms with E-state index >= 15 is 0 Å². The van der Waals surface area contributed by atoms with Crippen molar-refractivity contribution in [1.29, 1.82) is 0 Å². The minimum Gasteiger partial charge on any atom is -0.459 e. The van der Waals surface area contributed by atoms with E-state index in [1.165, 1.54) is 6.92 Å². The molecular weight excluding hydrogens is 352 g/mol. The fourth-order valence-corrected chi connectivity index (χ4v) is 7.53. The first kappa shape index (κ1) is 19.6. The van der Waals surface area contributed by atoms with Crippen molar-refractivity contribution in [2.24, 2.45) is 28.6 Å². The molecule has 0 aliphatic heterocycles. The maximum Gasteiger partial charge on any atom is 0.303 e. The van der Waals surface area contributed by atoms with Crippen molar-refractivity contribution in [2.45, 2.75) is 78.7 Å². The Morgan fingerprint density at radius 2 is 1.86 bits per heavy atom. The van der Waals surface area contributed by atoms with Crippen molar-refractivity contribution >= 4 is 17.5 Å². The first-order valence-electron chi connectivity index (χ1n) is 10.8. The average molecular weight is 385 g/mol. The zero-order valence-electron chi connectivity index (χ0n) is 17.8. The fraction of sp³-hybridized carbons (Fsp3) is 0.708. The van der Waals surface area contributed by atoms with Gasteiger partial charge in [-0.05, 0) is 68.4 Å². The molecule has 0 aromatic rings. The Morgan fingerprint density at radius 3 is 2.50 bits per heavy atom. The first-order chi connectivity index (χ1) is 13.1. The molecule has 4 aliphatic carbocycles. The molecule has 28 heavy (non-hydrogen) atoms. The van der Waals surface area contributed by atoms with E-state index in [0.29, 0.717) is 24.2 Å². The van der Waals surface area contributed by atoms with Crippen molar-refractivity contribution in [1.82, 2.24) is 0 Å². The summed E-state index contributed by atoms with van der Waals surface area (Å²) in [5, 5.41) is 0. The van der Waals surface area contributed by atoms with Crippen molar-refractivity contribution in [3.63, 3.8) is 0 Å². The van der Waals surface area contributed by atoms with Crippen LogP contribution in [0.5, 0.6) is 0 Å². The number of ether oxygens (including phenoxy) is 1. The van der Waals surface area contributed by atoms with Gasteiger partial charge in [0.25, 0.3) is 0 Å². The van der Waals surface area contributed by atoms with Gasteiger partial charge in [0.05, 0.1) is 0 Å². The maximum atomic E-state index is 12.3.